The van der Waals surface area contributed by atoms with Crippen LogP contribution in [0, 0.1) is 5.92 Å². The summed E-state index contributed by atoms with van der Waals surface area (Å²) in [6.07, 6.45) is 3.63. The minimum absolute atomic E-state index is 0.214. The fourth-order valence-corrected chi connectivity index (χ4v) is 3.80. The van der Waals surface area contributed by atoms with Crippen LogP contribution < -0.4 is 4.72 Å². The number of hydrogen-bond donors (Lipinski definition) is 1. The van der Waals surface area contributed by atoms with Gasteiger partial charge in [-0.05, 0) is 63.4 Å². The summed E-state index contributed by atoms with van der Waals surface area (Å²) in [7, 11) is 0.749. The summed E-state index contributed by atoms with van der Waals surface area (Å²) in [5, 5.41) is 1.15. The maximum atomic E-state index is 11.9. The van der Waals surface area contributed by atoms with Crippen molar-refractivity contribution in [3.05, 3.63) is 36.1 Å². The van der Waals surface area contributed by atoms with Gasteiger partial charge in [0.25, 0.3) is 0 Å². The van der Waals surface area contributed by atoms with Gasteiger partial charge >= 0.3 is 0 Å². The van der Waals surface area contributed by atoms with E-state index in [-0.39, 0.29) is 4.75 Å². The number of furan rings is 1. The van der Waals surface area contributed by atoms with Crippen LogP contribution in [0.3, 0.4) is 0 Å². The summed E-state index contributed by atoms with van der Waals surface area (Å²) in [4.78, 5) is 0. The predicted octanol–water partition coefficient (Wildman–Crippen LogP) is 3.66. The van der Waals surface area contributed by atoms with Crippen LogP contribution in [-0.2, 0) is 17.4 Å². The van der Waals surface area contributed by atoms with Crippen LogP contribution in [0.1, 0.15) is 32.8 Å². The zero-order valence-electron chi connectivity index (χ0n) is 12.6. The smallest absolute Gasteiger partial charge is 0.133 e. The van der Waals surface area contributed by atoms with E-state index in [2.05, 4.69) is 37.6 Å². The summed E-state index contributed by atoms with van der Waals surface area (Å²) in [6.45, 7) is 6.32. The normalized spacial score (nSPS) is 15.4. The first-order valence-electron chi connectivity index (χ1n) is 6.98. The Morgan fingerprint density at radius 3 is 2.80 bits per heavy atom. The molecule has 2 aromatic rings. The van der Waals surface area contributed by atoms with Gasteiger partial charge in [-0.15, -0.1) is 0 Å². The molecule has 0 bridgehead atoms. The van der Waals surface area contributed by atoms with Gasteiger partial charge in [-0.25, -0.2) is 8.93 Å². The third-order valence-electron chi connectivity index (χ3n) is 3.63. The van der Waals surface area contributed by atoms with Crippen LogP contribution >= 0.6 is 0 Å². The van der Waals surface area contributed by atoms with E-state index in [1.165, 1.54) is 5.56 Å². The lowest BCUT2D eigenvalue weighted by Gasteiger charge is -2.26. The van der Waals surface area contributed by atoms with Crippen molar-refractivity contribution < 1.29 is 8.63 Å². The molecular weight excluding hydrogens is 270 g/mol. The summed E-state index contributed by atoms with van der Waals surface area (Å²) >= 11 is 0. The van der Waals surface area contributed by atoms with Crippen LogP contribution in [-0.4, -0.2) is 16.0 Å². The van der Waals surface area contributed by atoms with Crippen molar-refractivity contribution in [2.75, 3.05) is 7.05 Å². The molecule has 2 rings (SSSR count). The van der Waals surface area contributed by atoms with Gasteiger partial charge < -0.3 is 4.42 Å². The van der Waals surface area contributed by atoms with Gasteiger partial charge in [0.2, 0.25) is 0 Å². The number of benzene rings is 1. The fraction of sp³-hybridized carbons (Fsp3) is 0.500. The molecule has 2 atom stereocenters. The third kappa shape index (κ3) is 3.49. The van der Waals surface area contributed by atoms with E-state index in [9.17, 15) is 4.21 Å². The standard InChI is InChI=1S/C16H23NO2S/c1-12(11-16(2,3)20(18)17-4)9-13-5-6-15-14(10-13)7-8-19-15/h5-8,10,12,17H,9,11H2,1-4H3/t12-,20?/m1/s1. The van der Waals surface area contributed by atoms with Crippen LogP contribution in [0.15, 0.2) is 34.9 Å². The topological polar surface area (TPSA) is 42.2 Å². The Morgan fingerprint density at radius 1 is 1.35 bits per heavy atom. The van der Waals surface area contributed by atoms with E-state index in [4.69, 9.17) is 4.42 Å². The highest BCUT2D eigenvalue weighted by Crippen LogP contribution is 2.25. The van der Waals surface area contributed by atoms with Crippen molar-refractivity contribution in [2.45, 2.75) is 38.4 Å². The fourth-order valence-electron chi connectivity index (χ4n) is 2.81. The Labute approximate surface area is 123 Å². The lowest BCUT2D eigenvalue weighted by atomic mass is 9.92. The van der Waals surface area contributed by atoms with E-state index in [0.29, 0.717) is 5.92 Å². The molecule has 0 saturated carbocycles. The number of rotatable bonds is 6. The largest absolute Gasteiger partial charge is 0.464 e. The molecule has 0 aliphatic heterocycles. The zero-order valence-corrected chi connectivity index (χ0v) is 13.4. The highest BCUT2D eigenvalue weighted by atomic mass is 32.2. The van der Waals surface area contributed by atoms with Gasteiger partial charge in [0.1, 0.15) is 5.58 Å². The molecule has 1 aromatic carbocycles. The lowest BCUT2D eigenvalue weighted by molar-refractivity contribution is 0.453. The first kappa shape index (κ1) is 15.3. The van der Waals surface area contributed by atoms with Crippen LogP contribution in [0.4, 0.5) is 0 Å². The molecule has 0 fully saturated rings. The van der Waals surface area contributed by atoms with Crippen LogP contribution in [0.2, 0.25) is 0 Å². The molecule has 4 heteroatoms. The monoisotopic (exact) mass is 293 g/mol. The van der Waals surface area contributed by atoms with Crippen LogP contribution in [0.25, 0.3) is 11.0 Å². The van der Waals surface area contributed by atoms with Gasteiger partial charge in [-0.3, -0.25) is 0 Å². The SMILES string of the molecule is CNS(=O)C(C)(C)C[C@H](C)Cc1ccc2occc2c1. The van der Waals surface area contributed by atoms with Gasteiger partial charge in [0, 0.05) is 5.39 Å². The molecular formula is C16H23NO2S. The molecule has 1 unspecified atom stereocenters. The highest BCUT2D eigenvalue weighted by molar-refractivity contribution is 7.84. The van der Waals surface area contributed by atoms with Crippen molar-refractivity contribution >= 4 is 22.0 Å². The predicted molar refractivity (Wildman–Crippen MR) is 85.0 cm³/mol. The maximum absolute atomic E-state index is 11.9. The second-order valence-electron chi connectivity index (χ2n) is 6.04. The Morgan fingerprint density at radius 2 is 2.10 bits per heavy atom. The molecule has 0 amide bonds. The van der Waals surface area contributed by atoms with Gasteiger partial charge in [0.05, 0.1) is 22.0 Å². The van der Waals surface area contributed by atoms with E-state index in [0.717, 1.165) is 23.8 Å². The maximum Gasteiger partial charge on any atom is 0.133 e. The van der Waals surface area contributed by atoms with Crippen molar-refractivity contribution in [3.63, 3.8) is 0 Å². The van der Waals surface area contributed by atoms with Gasteiger partial charge in [-0.1, -0.05) is 13.0 Å². The van der Waals surface area contributed by atoms with E-state index < -0.39 is 11.0 Å². The Bertz CT molecular complexity index is 603. The minimum Gasteiger partial charge on any atom is -0.464 e. The molecule has 0 radical (unpaired) electrons. The lowest BCUT2D eigenvalue weighted by Crippen LogP contribution is -2.36. The Balaban J connectivity index is 2.03. The van der Waals surface area contributed by atoms with Crippen molar-refractivity contribution in [1.29, 1.82) is 0 Å². The molecule has 3 nitrogen and oxygen atoms in total. The molecule has 1 heterocycles. The molecule has 0 spiro atoms. The average molecular weight is 293 g/mol. The quantitative estimate of drug-likeness (QED) is 0.883. The molecule has 1 aromatic heterocycles. The molecule has 0 saturated heterocycles. The summed E-state index contributed by atoms with van der Waals surface area (Å²) in [5.41, 5.74) is 2.23. The second kappa shape index (κ2) is 6.10. The molecule has 110 valence electrons. The highest BCUT2D eigenvalue weighted by Gasteiger charge is 2.27. The first-order valence-corrected chi connectivity index (χ1v) is 8.13. The summed E-state index contributed by atoms with van der Waals surface area (Å²) in [5.74, 6) is 0.478. The minimum atomic E-state index is -0.997. The number of nitrogens with one attached hydrogen (secondary N) is 1. The summed E-state index contributed by atoms with van der Waals surface area (Å²) in [6, 6.07) is 8.31. The van der Waals surface area contributed by atoms with E-state index >= 15 is 0 Å². The van der Waals surface area contributed by atoms with Crippen molar-refractivity contribution in [1.82, 2.24) is 4.72 Å². The molecule has 20 heavy (non-hydrogen) atoms. The number of fused-ring (bicyclic) bond motifs is 1. The third-order valence-corrected chi connectivity index (χ3v) is 5.17. The van der Waals surface area contributed by atoms with E-state index in [1.54, 1.807) is 13.3 Å². The molecule has 1 N–H and O–H groups in total. The molecule has 0 aliphatic rings. The Hall–Kier alpha value is -1.13. The molecule has 0 aliphatic carbocycles. The second-order valence-corrected chi connectivity index (χ2v) is 8.09. The van der Waals surface area contributed by atoms with E-state index in [1.807, 2.05) is 12.1 Å². The first-order chi connectivity index (χ1) is 9.42. The van der Waals surface area contributed by atoms with Gasteiger partial charge in [0.15, 0.2) is 0 Å². The zero-order chi connectivity index (χ0) is 14.8. The van der Waals surface area contributed by atoms with Gasteiger partial charge in [-0.2, -0.15) is 0 Å². The number of hydrogen-bond acceptors (Lipinski definition) is 2. The van der Waals surface area contributed by atoms with Crippen LogP contribution in [0.5, 0.6) is 0 Å². The van der Waals surface area contributed by atoms with Crippen molar-refractivity contribution in [2.24, 2.45) is 5.92 Å². The van der Waals surface area contributed by atoms with Crippen molar-refractivity contribution in [3.8, 4) is 0 Å². The Kier molecular flexibility index (Phi) is 4.66. The summed E-state index contributed by atoms with van der Waals surface area (Å²) < 4.78 is 19.9. The average Bonchev–Trinajstić information content (AvgIpc) is 2.84.